The van der Waals surface area contributed by atoms with Gasteiger partial charge >= 0.3 is 5.69 Å². The maximum Gasteiger partial charge on any atom is 0.348 e. The van der Waals surface area contributed by atoms with Crippen molar-refractivity contribution < 1.29 is 9.18 Å². The van der Waals surface area contributed by atoms with Crippen LogP contribution in [-0.2, 0) is 11.2 Å². The van der Waals surface area contributed by atoms with E-state index in [1.807, 2.05) is 23.1 Å². The normalized spacial score (nSPS) is 18.0. The van der Waals surface area contributed by atoms with Crippen LogP contribution in [0.5, 0.6) is 0 Å². The molecule has 1 saturated heterocycles. The molecule has 0 unspecified atom stereocenters. The lowest BCUT2D eigenvalue weighted by molar-refractivity contribution is -0.131. The minimum atomic E-state index is -0.515. The van der Waals surface area contributed by atoms with Gasteiger partial charge in [0.25, 0.3) is 0 Å². The van der Waals surface area contributed by atoms with Gasteiger partial charge < -0.3 is 4.90 Å². The van der Waals surface area contributed by atoms with Gasteiger partial charge in [-0.05, 0) is 60.6 Å². The molecule has 172 valence electrons. The van der Waals surface area contributed by atoms with Gasteiger partial charge in [-0.1, -0.05) is 12.1 Å². The summed E-state index contributed by atoms with van der Waals surface area (Å²) in [6.07, 6.45) is 6.57. The summed E-state index contributed by atoms with van der Waals surface area (Å²) in [4.78, 5) is 35.4. The lowest BCUT2D eigenvalue weighted by atomic mass is 10.0. The predicted octanol–water partition coefficient (Wildman–Crippen LogP) is 3.11. The van der Waals surface area contributed by atoms with E-state index in [2.05, 4.69) is 20.2 Å². The molecule has 6 rings (SSSR count). The standard InChI is InChI=1S/C25H23FN6O2/c26-19-12-17(18-3-5-20-21(13-18)28-9-8-27-20)4-6-22(19)32-23(29-30-25(32)34)11-15-7-10-31(14-15)24(33)16-1-2-16/h3-6,8-9,12-13,15-16H,1-2,7,10-11,14H2,(H,30,34)/t15-/m0/s1. The molecule has 1 aliphatic carbocycles. The largest absolute Gasteiger partial charge is 0.348 e. The van der Waals surface area contributed by atoms with E-state index in [-0.39, 0.29) is 23.4 Å². The molecule has 1 amide bonds. The molecule has 34 heavy (non-hydrogen) atoms. The topological polar surface area (TPSA) is 96.8 Å². The first kappa shape index (κ1) is 20.7. The summed E-state index contributed by atoms with van der Waals surface area (Å²) in [6.45, 7) is 1.39. The molecule has 1 N–H and O–H groups in total. The number of carbonyl (C=O) groups excluding carboxylic acids is 1. The van der Waals surface area contributed by atoms with Crippen LogP contribution in [0.1, 0.15) is 25.1 Å². The summed E-state index contributed by atoms with van der Waals surface area (Å²) in [5, 5.41) is 6.63. The Morgan fingerprint density at radius 3 is 2.59 bits per heavy atom. The zero-order valence-electron chi connectivity index (χ0n) is 18.4. The number of benzene rings is 2. The highest BCUT2D eigenvalue weighted by molar-refractivity contribution is 5.82. The summed E-state index contributed by atoms with van der Waals surface area (Å²) < 4.78 is 16.6. The van der Waals surface area contributed by atoms with Crippen LogP contribution in [0.4, 0.5) is 4.39 Å². The second kappa shape index (κ2) is 8.16. The van der Waals surface area contributed by atoms with E-state index in [4.69, 9.17) is 0 Å². The van der Waals surface area contributed by atoms with E-state index in [1.54, 1.807) is 24.5 Å². The number of carbonyl (C=O) groups is 1. The average Bonchev–Trinajstić information content (AvgIpc) is 3.50. The minimum Gasteiger partial charge on any atom is -0.342 e. The molecule has 1 aliphatic heterocycles. The number of aromatic amines is 1. The molecule has 1 saturated carbocycles. The molecule has 1 atom stereocenters. The van der Waals surface area contributed by atoms with E-state index < -0.39 is 11.5 Å². The van der Waals surface area contributed by atoms with Gasteiger partial charge in [0, 0.05) is 37.8 Å². The van der Waals surface area contributed by atoms with Gasteiger partial charge in [-0.25, -0.2) is 18.9 Å². The maximum atomic E-state index is 15.3. The van der Waals surface area contributed by atoms with E-state index in [1.165, 1.54) is 10.6 Å². The number of halogens is 1. The molecule has 3 heterocycles. The number of aromatic nitrogens is 5. The van der Waals surface area contributed by atoms with E-state index in [0.717, 1.165) is 42.4 Å². The number of hydrogen-bond acceptors (Lipinski definition) is 5. The third-order valence-electron chi connectivity index (χ3n) is 6.73. The van der Waals surface area contributed by atoms with Crippen molar-refractivity contribution in [3.05, 3.63) is 70.9 Å². The molecule has 9 heteroatoms. The van der Waals surface area contributed by atoms with Crippen LogP contribution in [-0.4, -0.2) is 48.6 Å². The Morgan fingerprint density at radius 2 is 1.79 bits per heavy atom. The number of likely N-dealkylation sites (tertiary alicyclic amines) is 1. The summed E-state index contributed by atoms with van der Waals surface area (Å²) in [6, 6.07) is 10.4. The number of fused-ring (bicyclic) bond motifs is 1. The molecule has 0 bridgehead atoms. The second-order valence-corrected chi connectivity index (χ2v) is 9.12. The monoisotopic (exact) mass is 458 g/mol. The number of H-pyrrole nitrogens is 1. The van der Waals surface area contributed by atoms with Gasteiger partial charge in [0.2, 0.25) is 5.91 Å². The van der Waals surface area contributed by atoms with Crippen LogP contribution < -0.4 is 5.69 Å². The van der Waals surface area contributed by atoms with Crippen LogP contribution in [0.3, 0.4) is 0 Å². The van der Waals surface area contributed by atoms with Crippen LogP contribution in [0.15, 0.2) is 53.6 Å². The van der Waals surface area contributed by atoms with Gasteiger partial charge in [-0.2, -0.15) is 5.10 Å². The first-order chi connectivity index (χ1) is 16.6. The Labute approximate surface area is 194 Å². The molecule has 0 spiro atoms. The number of rotatable bonds is 5. The molecular formula is C25H23FN6O2. The van der Waals surface area contributed by atoms with Crippen molar-refractivity contribution >= 4 is 16.9 Å². The van der Waals surface area contributed by atoms with Crippen molar-refractivity contribution in [1.29, 1.82) is 0 Å². The Kier molecular flexibility index (Phi) is 4.97. The molecule has 2 aromatic heterocycles. The van der Waals surface area contributed by atoms with Crippen molar-refractivity contribution in [3.8, 4) is 16.8 Å². The molecular weight excluding hydrogens is 435 g/mol. The SMILES string of the molecule is O=C(C1CC1)N1CC[C@@H](Cc2n[nH]c(=O)n2-c2ccc(-c3ccc4nccnc4c3)cc2F)C1. The fourth-order valence-corrected chi connectivity index (χ4v) is 4.77. The highest BCUT2D eigenvalue weighted by Gasteiger charge is 2.37. The minimum absolute atomic E-state index is 0.155. The van der Waals surface area contributed by atoms with Crippen LogP contribution in [0.2, 0.25) is 0 Å². The van der Waals surface area contributed by atoms with E-state index in [0.29, 0.717) is 24.4 Å². The molecule has 4 aromatic rings. The van der Waals surface area contributed by atoms with Gasteiger partial charge in [-0.3, -0.25) is 14.8 Å². The van der Waals surface area contributed by atoms with Crippen molar-refractivity contribution in [2.75, 3.05) is 13.1 Å². The van der Waals surface area contributed by atoms with Crippen LogP contribution >= 0.6 is 0 Å². The summed E-state index contributed by atoms with van der Waals surface area (Å²) in [5.41, 5.74) is 2.65. The van der Waals surface area contributed by atoms with Gasteiger partial charge in [0.1, 0.15) is 11.6 Å². The number of hydrogen-bond donors (Lipinski definition) is 1. The third-order valence-corrected chi connectivity index (χ3v) is 6.73. The molecule has 8 nitrogen and oxygen atoms in total. The Morgan fingerprint density at radius 1 is 1.03 bits per heavy atom. The molecule has 2 aliphatic rings. The zero-order valence-corrected chi connectivity index (χ0v) is 18.4. The summed E-state index contributed by atoms with van der Waals surface area (Å²) in [7, 11) is 0. The Bertz CT molecular complexity index is 1460. The highest BCUT2D eigenvalue weighted by atomic mass is 19.1. The van der Waals surface area contributed by atoms with Crippen molar-refractivity contribution in [2.24, 2.45) is 11.8 Å². The molecule has 2 fully saturated rings. The fourth-order valence-electron chi connectivity index (χ4n) is 4.77. The number of nitrogens with zero attached hydrogens (tertiary/aromatic N) is 5. The van der Waals surface area contributed by atoms with Crippen molar-refractivity contribution in [1.82, 2.24) is 29.6 Å². The fraction of sp³-hybridized carbons (Fsp3) is 0.320. The molecule has 2 aromatic carbocycles. The number of amides is 1. The smallest absolute Gasteiger partial charge is 0.342 e. The van der Waals surface area contributed by atoms with Crippen molar-refractivity contribution in [3.63, 3.8) is 0 Å². The maximum absolute atomic E-state index is 15.3. The van der Waals surface area contributed by atoms with Gasteiger partial charge in [0.15, 0.2) is 0 Å². The van der Waals surface area contributed by atoms with Crippen LogP contribution in [0, 0.1) is 17.7 Å². The third kappa shape index (κ3) is 3.76. The quantitative estimate of drug-likeness (QED) is 0.496. The number of nitrogens with one attached hydrogen (secondary N) is 1. The first-order valence-electron chi connectivity index (χ1n) is 11.5. The van der Waals surface area contributed by atoms with Crippen LogP contribution in [0.25, 0.3) is 27.8 Å². The predicted molar refractivity (Wildman–Crippen MR) is 124 cm³/mol. The van der Waals surface area contributed by atoms with E-state index in [9.17, 15) is 9.59 Å². The Hall–Kier alpha value is -3.88. The second-order valence-electron chi connectivity index (χ2n) is 9.12. The average molecular weight is 458 g/mol. The highest BCUT2D eigenvalue weighted by Crippen LogP contribution is 2.33. The van der Waals surface area contributed by atoms with Gasteiger partial charge in [0.05, 0.1) is 16.7 Å². The van der Waals surface area contributed by atoms with Crippen molar-refractivity contribution in [2.45, 2.75) is 25.7 Å². The Balaban J connectivity index is 1.26. The first-order valence-corrected chi connectivity index (χ1v) is 11.5. The summed E-state index contributed by atoms with van der Waals surface area (Å²) in [5.74, 6) is 0.590. The lowest BCUT2D eigenvalue weighted by Gasteiger charge is -2.16. The van der Waals surface area contributed by atoms with E-state index >= 15 is 4.39 Å². The summed E-state index contributed by atoms with van der Waals surface area (Å²) >= 11 is 0. The zero-order chi connectivity index (χ0) is 23.2. The van der Waals surface area contributed by atoms with Gasteiger partial charge in [-0.15, -0.1) is 0 Å². The lowest BCUT2D eigenvalue weighted by Crippen LogP contribution is -2.30. The molecule has 0 radical (unpaired) electrons.